The molecule has 1 aromatic carbocycles. The van der Waals surface area contributed by atoms with Crippen LogP contribution >= 0.6 is 11.8 Å². The molecule has 26 heavy (non-hydrogen) atoms. The molecule has 0 unspecified atom stereocenters. The van der Waals surface area contributed by atoms with E-state index in [-0.39, 0.29) is 0 Å². The van der Waals surface area contributed by atoms with Crippen LogP contribution in [0, 0.1) is 11.3 Å². The number of rotatable bonds is 5. The van der Waals surface area contributed by atoms with Gasteiger partial charge < -0.3 is 9.88 Å². The smallest absolute Gasteiger partial charge is 0.114 e. The molecule has 3 heterocycles. The number of benzene rings is 1. The van der Waals surface area contributed by atoms with E-state index in [9.17, 15) is 0 Å². The number of H-pyrrole nitrogens is 1. The van der Waals surface area contributed by atoms with E-state index in [1.165, 1.54) is 16.6 Å². The molecule has 132 valence electrons. The molecule has 2 aromatic heterocycles. The van der Waals surface area contributed by atoms with E-state index in [1.807, 2.05) is 18.3 Å². The first-order valence-corrected chi connectivity index (χ1v) is 9.85. The Morgan fingerprint density at radius 3 is 2.85 bits per heavy atom. The van der Waals surface area contributed by atoms with Crippen molar-refractivity contribution in [3.63, 3.8) is 0 Å². The third-order valence-electron chi connectivity index (χ3n) is 4.82. The van der Waals surface area contributed by atoms with E-state index in [0.29, 0.717) is 5.56 Å². The van der Waals surface area contributed by atoms with Gasteiger partial charge in [-0.15, -0.1) is 11.8 Å². The van der Waals surface area contributed by atoms with Crippen LogP contribution in [0.1, 0.15) is 5.56 Å². The molecule has 0 aliphatic carbocycles. The fourth-order valence-corrected chi connectivity index (χ4v) is 4.37. The van der Waals surface area contributed by atoms with Gasteiger partial charge in [0, 0.05) is 67.5 Å². The molecule has 1 saturated heterocycles. The number of nitrogens with one attached hydrogen (secondary N) is 1. The first-order chi connectivity index (χ1) is 12.8. The lowest BCUT2D eigenvalue weighted by Gasteiger charge is -2.36. The topological polar surface area (TPSA) is 59.0 Å². The molecule has 0 spiro atoms. The molecule has 1 aliphatic rings. The highest BCUT2D eigenvalue weighted by Crippen LogP contribution is 2.27. The average Bonchev–Trinajstić information content (AvgIpc) is 3.18. The molecule has 0 atom stereocenters. The predicted molar refractivity (Wildman–Crippen MR) is 107 cm³/mol. The van der Waals surface area contributed by atoms with E-state index in [1.54, 1.807) is 18.0 Å². The van der Waals surface area contributed by atoms with Gasteiger partial charge in [-0.05, 0) is 30.3 Å². The van der Waals surface area contributed by atoms with Gasteiger partial charge in [0.1, 0.15) is 11.1 Å². The number of aromatic nitrogens is 2. The molecule has 1 fully saturated rings. The number of anilines is 1. The van der Waals surface area contributed by atoms with Gasteiger partial charge in [0.15, 0.2) is 0 Å². The maximum atomic E-state index is 9.14. The number of thioether (sulfide) groups is 1. The van der Waals surface area contributed by atoms with E-state index in [0.717, 1.165) is 43.5 Å². The minimum atomic E-state index is 0.668. The van der Waals surface area contributed by atoms with Crippen LogP contribution in [0.25, 0.3) is 10.9 Å². The molecular weight excluding hydrogens is 342 g/mol. The predicted octanol–water partition coefficient (Wildman–Crippen LogP) is 3.35. The summed E-state index contributed by atoms with van der Waals surface area (Å²) in [7, 11) is 0. The van der Waals surface area contributed by atoms with Crippen LogP contribution in [0.3, 0.4) is 0 Å². The number of nitriles is 1. The van der Waals surface area contributed by atoms with Gasteiger partial charge in [0.2, 0.25) is 0 Å². The second-order valence-electron chi connectivity index (χ2n) is 6.36. The van der Waals surface area contributed by atoms with Crippen molar-refractivity contribution in [2.75, 3.05) is 43.4 Å². The maximum absolute atomic E-state index is 9.14. The molecule has 3 aromatic rings. The Hall–Kier alpha value is -2.49. The zero-order chi connectivity index (χ0) is 17.8. The molecule has 0 radical (unpaired) electrons. The van der Waals surface area contributed by atoms with E-state index >= 15 is 0 Å². The summed E-state index contributed by atoms with van der Waals surface area (Å²) < 4.78 is 0. The largest absolute Gasteiger partial charge is 0.368 e. The summed E-state index contributed by atoms with van der Waals surface area (Å²) in [5.41, 5.74) is 3.19. The van der Waals surface area contributed by atoms with Crippen LogP contribution in [0.5, 0.6) is 0 Å². The number of hydrogen-bond donors (Lipinski definition) is 1. The summed E-state index contributed by atoms with van der Waals surface area (Å²) in [5.74, 6) is 0.957. The molecule has 4 rings (SSSR count). The molecule has 1 aliphatic heterocycles. The van der Waals surface area contributed by atoms with Gasteiger partial charge in [-0.1, -0.05) is 6.07 Å². The van der Waals surface area contributed by atoms with E-state index < -0.39 is 0 Å². The number of hydrogen-bond acceptors (Lipinski definition) is 5. The second kappa shape index (κ2) is 7.81. The van der Waals surface area contributed by atoms with Crippen molar-refractivity contribution in [3.8, 4) is 6.07 Å². The number of aromatic amines is 1. The van der Waals surface area contributed by atoms with Crippen molar-refractivity contribution < 1.29 is 0 Å². The highest BCUT2D eigenvalue weighted by atomic mass is 32.2. The maximum Gasteiger partial charge on any atom is 0.114 e. The van der Waals surface area contributed by atoms with Crippen molar-refractivity contribution in [2.45, 2.75) is 5.03 Å². The molecule has 0 amide bonds. The standard InChI is InChI=1S/C20H21N5S/c21-15-16-3-2-7-23-20(16)26-14-13-24-9-11-25(12-10-24)19-5-1-4-18-17(19)6-8-22-18/h1-8,22H,9-14H2. The zero-order valence-electron chi connectivity index (χ0n) is 14.6. The van der Waals surface area contributed by atoms with Gasteiger partial charge in [-0.2, -0.15) is 5.26 Å². The van der Waals surface area contributed by atoms with Crippen LogP contribution in [0.2, 0.25) is 0 Å². The molecular formula is C20H21N5S. The Morgan fingerprint density at radius 2 is 2.00 bits per heavy atom. The van der Waals surface area contributed by atoms with Crippen molar-refractivity contribution in [1.82, 2.24) is 14.9 Å². The molecule has 1 N–H and O–H groups in total. The SMILES string of the molecule is N#Cc1cccnc1SCCN1CCN(c2cccc3[nH]ccc23)CC1. The van der Waals surface area contributed by atoms with Crippen molar-refractivity contribution in [2.24, 2.45) is 0 Å². The lowest BCUT2D eigenvalue weighted by atomic mass is 10.2. The quantitative estimate of drug-likeness (QED) is 0.705. The Morgan fingerprint density at radius 1 is 1.12 bits per heavy atom. The van der Waals surface area contributed by atoms with Gasteiger partial charge in [0.25, 0.3) is 0 Å². The van der Waals surface area contributed by atoms with Crippen molar-refractivity contribution in [1.29, 1.82) is 5.26 Å². The number of nitrogens with zero attached hydrogens (tertiary/aromatic N) is 4. The second-order valence-corrected chi connectivity index (χ2v) is 7.44. The third-order valence-corrected chi connectivity index (χ3v) is 5.81. The van der Waals surface area contributed by atoms with Crippen LogP contribution in [-0.2, 0) is 0 Å². The minimum absolute atomic E-state index is 0.668. The zero-order valence-corrected chi connectivity index (χ0v) is 15.4. The fourth-order valence-electron chi connectivity index (χ4n) is 3.42. The number of fused-ring (bicyclic) bond motifs is 1. The first-order valence-electron chi connectivity index (χ1n) is 8.86. The third kappa shape index (κ3) is 3.55. The molecule has 5 nitrogen and oxygen atoms in total. The molecule has 0 bridgehead atoms. The van der Waals surface area contributed by atoms with Crippen LogP contribution < -0.4 is 4.90 Å². The Balaban J connectivity index is 1.30. The lowest BCUT2D eigenvalue weighted by Crippen LogP contribution is -2.47. The van der Waals surface area contributed by atoms with E-state index in [2.05, 4.69) is 50.1 Å². The Kier molecular flexibility index (Phi) is 5.09. The highest BCUT2D eigenvalue weighted by molar-refractivity contribution is 7.99. The highest BCUT2D eigenvalue weighted by Gasteiger charge is 2.18. The summed E-state index contributed by atoms with van der Waals surface area (Å²) in [4.78, 5) is 12.6. The summed E-state index contributed by atoms with van der Waals surface area (Å²) >= 11 is 1.67. The van der Waals surface area contributed by atoms with Gasteiger partial charge in [-0.25, -0.2) is 4.98 Å². The van der Waals surface area contributed by atoms with Crippen molar-refractivity contribution >= 4 is 28.4 Å². The van der Waals surface area contributed by atoms with Crippen LogP contribution in [-0.4, -0.2) is 53.3 Å². The first kappa shape index (κ1) is 17.0. The van der Waals surface area contributed by atoms with Gasteiger partial charge >= 0.3 is 0 Å². The summed E-state index contributed by atoms with van der Waals surface area (Å²) in [6.45, 7) is 5.24. The summed E-state index contributed by atoms with van der Waals surface area (Å²) in [6.07, 6.45) is 3.76. The Labute approximate surface area is 157 Å². The van der Waals surface area contributed by atoms with Crippen LogP contribution in [0.4, 0.5) is 5.69 Å². The summed E-state index contributed by atoms with van der Waals surface area (Å²) in [6, 6.07) is 14.5. The number of pyridine rings is 1. The molecule has 6 heteroatoms. The average molecular weight is 363 g/mol. The summed E-state index contributed by atoms with van der Waals surface area (Å²) in [5, 5.41) is 11.3. The van der Waals surface area contributed by atoms with Crippen LogP contribution in [0.15, 0.2) is 53.8 Å². The Bertz CT molecular complexity index is 921. The fraction of sp³-hybridized carbons (Fsp3) is 0.300. The molecule has 0 saturated carbocycles. The monoisotopic (exact) mass is 363 g/mol. The minimum Gasteiger partial charge on any atom is -0.368 e. The van der Waals surface area contributed by atoms with E-state index in [4.69, 9.17) is 5.26 Å². The van der Waals surface area contributed by atoms with Crippen molar-refractivity contribution in [3.05, 3.63) is 54.4 Å². The van der Waals surface area contributed by atoms with Gasteiger partial charge in [0.05, 0.1) is 5.56 Å². The normalized spacial score (nSPS) is 15.3. The van der Waals surface area contributed by atoms with Gasteiger partial charge in [-0.3, -0.25) is 4.90 Å². The lowest BCUT2D eigenvalue weighted by molar-refractivity contribution is 0.273. The number of piperazine rings is 1.